The van der Waals surface area contributed by atoms with E-state index in [4.69, 9.17) is 4.98 Å². The molecule has 3 heterocycles. The van der Waals surface area contributed by atoms with E-state index in [0.29, 0.717) is 25.2 Å². The first-order valence-electron chi connectivity index (χ1n) is 13.0. The maximum absolute atomic E-state index is 13.6. The maximum atomic E-state index is 13.6. The quantitative estimate of drug-likeness (QED) is 0.292. The first-order valence-corrected chi connectivity index (χ1v) is 13.0. The number of aromatic nitrogens is 2. The average Bonchev–Trinajstić information content (AvgIpc) is 3.31. The standard InChI is InChI=1S/C32H29FN4O/c1-23-7-5-10-25(19-23)27-13-14-30-34-31(24-8-3-2-4-9-24)29(37(30)21-27)22-35-15-17-36(18-16-35)32(38)26-11-6-12-28(33)20-26/h2-14,19-21H,15-18,22H2,1H3. The third-order valence-corrected chi connectivity index (χ3v) is 7.22. The van der Waals surface area contributed by atoms with E-state index in [1.54, 1.807) is 12.1 Å². The van der Waals surface area contributed by atoms with Crippen LogP contribution in [-0.2, 0) is 6.54 Å². The highest BCUT2D eigenvalue weighted by molar-refractivity contribution is 5.94. The van der Waals surface area contributed by atoms with Crippen molar-refractivity contribution in [2.75, 3.05) is 26.2 Å². The van der Waals surface area contributed by atoms with Gasteiger partial charge in [0.1, 0.15) is 11.5 Å². The lowest BCUT2D eigenvalue weighted by atomic mass is 10.1. The Balaban J connectivity index is 1.29. The van der Waals surface area contributed by atoms with E-state index >= 15 is 0 Å². The summed E-state index contributed by atoms with van der Waals surface area (Å²) in [5.41, 5.74) is 8.05. The van der Waals surface area contributed by atoms with E-state index in [0.717, 1.165) is 41.3 Å². The van der Waals surface area contributed by atoms with E-state index in [9.17, 15) is 9.18 Å². The number of halogens is 1. The number of carbonyl (C=O) groups is 1. The van der Waals surface area contributed by atoms with Crippen LogP contribution in [0, 0.1) is 12.7 Å². The van der Waals surface area contributed by atoms with Gasteiger partial charge in [-0.05, 0) is 48.4 Å². The summed E-state index contributed by atoms with van der Waals surface area (Å²) in [6.07, 6.45) is 2.18. The summed E-state index contributed by atoms with van der Waals surface area (Å²) in [5, 5.41) is 0. The van der Waals surface area contributed by atoms with Crippen molar-refractivity contribution < 1.29 is 9.18 Å². The second kappa shape index (κ2) is 10.2. The molecule has 0 aliphatic carbocycles. The van der Waals surface area contributed by atoms with Crippen LogP contribution in [-0.4, -0.2) is 51.3 Å². The third kappa shape index (κ3) is 4.83. The molecule has 38 heavy (non-hydrogen) atoms. The summed E-state index contributed by atoms with van der Waals surface area (Å²) in [6.45, 7) is 5.49. The highest BCUT2D eigenvalue weighted by Gasteiger charge is 2.25. The van der Waals surface area contributed by atoms with Crippen LogP contribution < -0.4 is 0 Å². The number of rotatable bonds is 5. The number of hydrogen-bond acceptors (Lipinski definition) is 3. The van der Waals surface area contributed by atoms with Crippen molar-refractivity contribution in [2.45, 2.75) is 13.5 Å². The lowest BCUT2D eigenvalue weighted by Gasteiger charge is -2.34. The monoisotopic (exact) mass is 504 g/mol. The molecule has 5 aromatic rings. The van der Waals surface area contributed by atoms with Gasteiger partial charge in [-0.25, -0.2) is 9.37 Å². The molecule has 0 spiro atoms. The van der Waals surface area contributed by atoms with Crippen molar-refractivity contribution in [3.8, 4) is 22.4 Å². The van der Waals surface area contributed by atoms with Crippen molar-refractivity contribution in [3.63, 3.8) is 0 Å². The van der Waals surface area contributed by atoms with Gasteiger partial charge >= 0.3 is 0 Å². The molecular weight excluding hydrogens is 475 g/mol. The zero-order chi connectivity index (χ0) is 26.1. The van der Waals surface area contributed by atoms with Crippen LogP contribution in [0.4, 0.5) is 4.39 Å². The molecule has 0 bridgehead atoms. The molecule has 6 heteroatoms. The average molecular weight is 505 g/mol. The van der Waals surface area contributed by atoms with Crippen molar-refractivity contribution in [1.29, 1.82) is 0 Å². The normalized spacial score (nSPS) is 14.2. The van der Waals surface area contributed by atoms with Crippen LogP contribution in [0.25, 0.3) is 28.0 Å². The van der Waals surface area contributed by atoms with E-state index < -0.39 is 0 Å². The molecule has 190 valence electrons. The fraction of sp³-hybridized carbons (Fsp3) is 0.188. The van der Waals surface area contributed by atoms with Crippen LogP contribution in [0.15, 0.2) is 97.2 Å². The third-order valence-electron chi connectivity index (χ3n) is 7.22. The molecule has 5 nitrogen and oxygen atoms in total. The van der Waals surface area contributed by atoms with Crippen molar-refractivity contribution in [2.24, 2.45) is 0 Å². The lowest BCUT2D eigenvalue weighted by molar-refractivity contribution is 0.0626. The Hall–Kier alpha value is -4.29. The van der Waals surface area contributed by atoms with E-state index in [2.05, 4.69) is 71.0 Å². The van der Waals surface area contributed by atoms with Crippen molar-refractivity contribution in [1.82, 2.24) is 19.2 Å². The van der Waals surface area contributed by atoms with Gasteiger partial charge in [0.15, 0.2) is 0 Å². The molecule has 0 radical (unpaired) electrons. The number of benzene rings is 3. The van der Waals surface area contributed by atoms with Crippen LogP contribution in [0.2, 0.25) is 0 Å². The van der Waals surface area contributed by atoms with Gasteiger partial charge in [-0.15, -0.1) is 0 Å². The summed E-state index contributed by atoms with van der Waals surface area (Å²) in [4.78, 5) is 22.1. The molecule has 0 unspecified atom stereocenters. The van der Waals surface area contributed by atoms with E-state index in [-0.39, 0.29) is 11.7 Å². The number of hydrogen-bond donors (Lipinski definition) is 0. The second-order valence-electron chi connectivity index (χ2n) is 9.87. The number of nitrogens with zero attached hydrogens (tertiary/aromatic N) is 4. The summed E-state index contributed by atoms with van der Waals surface area (Å²) in [7, 11) is 0. The molecule has 1 saturated heterocycles. The first kappa shape index (κ1) is 24.1. The van der Waals surface area contributed by atoms with Gasteiger partial charge in [0, 0.05) is 50.0 Å². The highest BCUT2D eigenvalue weighted by atomic mass is 19.1. The Morgan fingerprint density at radius 1 is 0.816 bits per heavy atom. The smallest absolute Gasteiger partial charge is 0.254 e. The molecule has 1 aliphatic rings. The Bertz CT molecular complexity index is 1600. The molecule has 0 N–H and O–H groups in total. The number of imidazole rings is 1. The van der Waals surface area contributed by atoms with Gasteiger partial charge in [0.05, 0.1) is 11.4 Å². The number of piperazine rings is 1. The summed E-state index contributed by atoms with van der Waals surface area (Å²) >= 11 is 0. The maximum Gasteiger partial charge on any atom is 0.254 e. The Morgan fingerprint density at radius 2 is 1.58 bits per heavy atom. The fourth-order valence-corrected chi connectivity index (χ4v) is 5.19. The number of carbonyl (C=O) groups excluding carboxylic acids is 1. The topological polar surface area (TPSA) is 40.9 Å². The summed E-state index contributed by atoms with van der Waals surface area (Å²) in [5.74, 6) is -0.507. The number of fused-ring (bicyclic) bond motifs is 1. The summed E-state index contributed by atoms with van der Waals surface area (Å²) in [6, 6.07) is 29.0. The van der Waals surface area contributed by atoms with Crippen LogP contribution in [0.3, 0.4) is 0 Å². The molecule has 1 aliphatic heterocycles. The van der Waals surface area contributed by atoms with Gasteiger partial charge in [0.25, 0.3) is 5.91 Å². The second-order valence-corrected chi connectivity index (χ2v) is 9.87. The zero-order valence-corrected chi connectivity index (χ0v) is 21.3. The van der Waals surface area contributed by atoms with Gasteiger partial charge in [-0.3, -0.25) is 9.69 Å². The summed E-state index contributed by atoms with van der Waals surface area (Å²) < 4.78 is 15.9. The van der Waals surface area contributed by atoms with Crippen molar-refractivity contribution in [3.05, 3.63) is 120 Å². The molecule has 1 fully saturated rings. The van der Waals surface area contributed by atoms with Crippen LogP contribution in [0.5, 0.6) is 0 Å². The van der Waals surface area contributed by atoms with Gasteiger partial charge in [-0.1, -0.05) is 66.2 Å². The molecule has 6 rings (SSSR count). The van der Waals surface area contributed by atoms with Gasteiger partial charge < -0.3 is 9.30 Å². The highest BCUT2D eigenvalue weighted by Crippen LogP contribution is 2.29. The minimum absolute atomic E-state index is 0.119. The van der Waals surface area contributed by atoms with Gasteiger partial charge in [-0.2, -0.15) is 0 Å². The van der Waals surface area contributed by atoms with Crippen LogP contribution in [0.1, 0.15) is 21.6 Å². The van der Waals surface area contributed by atoms with Crippen molar-refractivity contribution >= 4 is 11.6 Å². The number of pyridine rings is 1. The molecular formula is C32H29FN4O. The Labute approximate surface area is 221 Å². The SMILES string of the molecule is Cc1cccc(-c2ccc3nc(-c4ccccc4)c(CN4CCN(C(=O)c5cccc(F)c5)CC4)n3c2)c1. The zero-order valence-electron chi connectivity index (χ0n) is 21.3. The molecule has 1 amide bonds. The fourth-order valence-electron chi connectivity index (χ4n) is 5.19. The minimum Gasteiger partial charge on any atom is -0.336 e. The Kier molecular flexibility index (Phi) is 6.48. The van der Waals surface area contributed by atoms with E-state index in [1.807, 2.05) is 23.1 Å². The molecule has 2 aromatic heterocycles. The number of amides is 1. The molecule has 0 saturated carbocycles. The molecule has 0 atom stereocenters. The van der Waals surface area contributed by atoms with Gasteiger partial charge in [0.2, 0.25) is 0 Å². The first-order chi connectivity index (χ1) is 18.5. The largest absolute Gasteiger partial charge is 0.336 e. The number of aryl methyl sites for hydroxylation is 1. The predicted molar refractivity (Wildman–Crippen MR) is 148 cm³/mol. The minimum atomic E-state index is -0.388. The lowest BCUT2D eigenvalue weighted by Crippen LogP contribution is -2.48. The van der Waals surface area contributed by atoms with E-state index in [1.165, 1.54) is 23.3 Å². The molecule has 3 aromatic carbocycles. The Morgan fingerprint density at radius 3 is 2.34 bits per heavy atom. The predicted octanol–water partition coefficient (Wildman–Crippen LogP) is 6.07. The van der Waals surface area contributed by atoms with Crippen LogP contribution >= 0.6 is 0 Å².